The molecule has 30 heavy (non-hydrogen) atoms. The third kappa shape index (κ3) is 4.14. The Labute approximate surface area is 181 Å². The Hall–Kier alpha value is -2.25. The third-order valence-corrected chi connectivity index (χ3v) is 6.80. The molecule has 7 heteroatoms. The quantitative estimate of drug-likeness (QED) is 0.531. The maximum atomic E-state index is 12.2. The molecule has 0 saturated carbocycles. The molecule has 0 spiro atoms. The molecule has 0 bridgehead atoms. The van der Waals surface area contributed by atoms with Gasteiger partial charge in [0.15, 0.2) is 5.65 Å². The first kappa shape index (κ1) is 21.0. The summed E-state index contributed by atoms with van der Waals surface area (Å²) in [6.07, 6.45) is 2.24. The Morgan fingerprint density at radius 3 is 2.90 bits per heavy atom. The molecule has 0 amide bonds. The van der Waals surface area contributed by atoms with Gasteiger partial charge in [0.05, 0.1) is 25.2 Å². The predicted octanol–water partition coefficient (Wildman–Crippen LogP) is 4.75. The van der Waals surface area contributed by atoms with Crippen LogP contribution in [0.4, 0.5) is 0 Å². The van der Waals surface area contributed by atoms with Crippen LogP contribution in [0.2, 0.25) is 0 Å². The molecule has 0 aromatic carbocycles. The molecule has 4 heterocycles. The van der Waals surface area contributed by atoms with Crippen LogP contribution in [-0.2, 0) is 27.2 Å². The number of hydrogen-bond acceptors (Lipinski definition) is 6. The number of carbonyl (C=O) groups excluding carboxylic acids is 1. The molecule has 0 N–H and O–H groups in total. The fraction of sp³-hybridized carbons (Fsp3) is 0.522. The summed E-state index contributed by atoms with van der Waals surface area (Å²) in [6.45, 7) is 9.87. The number of fused-ring (bicyclic) bond motifs is 1. The summed E-state index contributed by atoms with van der Waals surface area (Å²) in [5.74, 6) is 0.878. The molecule has 160 valence electrons. The smallest absolute Gasteiger partial charge is 0.309 e. The van der Waals surface area contributed by atoms with Gasteiger partial charge in [0, 0.05) is 28.5 Å². The molecule has 2 unspecified atom stereocenters. The second-order valence-corrected chi connectivity index (χ2v) is 9.06. The van der Waals surface area contributed by atoms with Gasteiger partial charge in [-0.1, -0.05) is 6.92 Å². The molecule has 3 aromatic rings. The van der Waals surface area contributed by atoms with E-state index in [9.17, 15) is 4.79 Å². The molecule has 1 aliphatic heterocycles. The monoisotopic (exact) mass is 427 g/mol. The van der Waals surface area contributed by atoms with Crippen LogP contribution in [0.5, 0.6) is 0 Å². The van der Waals surface area contributed by atoms with Crippen molar-refractivity contribution < 1.29 is 14.3 Å². The van der Waals surface area contributed by atoms with Crippen molar-refractivity contribution in [2.45, 2.75) is 59.6 Å². The van der Waals surface area contributed by atoms with Crippen LogP contribution in [0.1, 0.15) is 59.6 Å². The van der Waals surface area contributed by atoms with Crippen molar-refractivity contribution >= 4 is 28.5 Å². The highest BCUT2D eigenvalue weighted by Crippen LogP contribution is 2.36. The second kappa shape index (κ2) is 8.86. The number of nitrogens with zero attached hydrogens (tertiary/aromatic N) is 3. The van der Waals surface area contributed by atoms with Crippen molar-refractivity contribution in [3.8, 4) is 0 Å². The van der Waals surface area contributed by atoms with E-state index in [-0.39, 0.29) is 18.0 Å². The summed E-state index contributed by atoms with van der Waals surface area (Å²) < 4.78 is 13.4. The van der Waals surface area contributed by atoms with E-state index >= 15 is 0 Å². The summed E-state index contributed by atoms with van der Waals surface area (Å²) in [6, 6.07) is 6.38. The van der Waals surface area contributed by atoms with Crippen molar-refractivity contribution in [2.75, 3.05) is 13.2 Å². The zero-order chi connectivity index (χ0) is 21.3. The van der Waals surface area contributed by atoms with Crippen LogP contribution in [0.3, 0.4) is 0 Å². The molecule has 0 radical (unpaired) electrons. The first-order chi connectivity index (χ1) is 14.5. The number of pyridine rings is 1. The number of aromatic nitrogens is 3. The highest BCUT2D eigenvalue weighted by Gasteiger charge is 2.30. The van der Waals surface area contributed by atoms with E-state index in [1.807, 2.05) is 13.8 Å². The molecule has 2 atom stereocenters. The average Bonchev–Trinajstić information content (AvgIpc) is 3.34. The topological polar surface area (TPSA) is 66.2 Å². The van der Waals surface area contributed by atoms with Crippen LogP contribution in [0.15, 0.2) is 18.2 Å². The minimum absolute atomic E-state index is 0.0419. The predicted molar refractivity (Wildman–Crippen MR) is 118 cm³/mol. The highest BCUT2D eigenvalue weighted by atomic mass is 32.1. The van der Waals surface area contributed by atoms with Gasteiger partial charge in [-0.2, -0.15) is 0 Å². The van der Waals surface area contributed by atoms with E-state index in [2.05, 4.69) is 36.6 Å². The number of rotatable bonds is 6. The standard InChI is InChI=1S/C23H29N3O3S/c1-5-20-25-21-14(3)11-15(4)24-22(21)26(20)13-17-7-8-19(30-17)18-12-16(9-10-29-18)23(27)28-6-2/h7-8,11,16,18H,5-6,9-10,12-13H2,1-4H3. The molecule has 0 aliphatic carbocycles. The molecule has 1 aliphatic rings. The van der Waals surface area contributed by atoms with Gasteiger partial charge in [-0.15, -0.1) is 11.3 Å². The SMILES string of the molecule is CCOC(=O)C1CCOC(c2ccc(Cn3c(CC)nc4c(C)cc(C)nc43)s2)C1. The van der Waals surface area contributed by atoms with Crippen LogP contribution >= 0.6 is 11.3 Å². The van der Waals surface area contributed by atoms with Gasteiger partial charge in [0.25, 0.3) is 0 Å². The van der Waals surface area contributed by atoms with Crippen LogP contribution in [0, 0.1) is 19.8 Å². The summed E-state index contributed by atoms with van der Waals surface area (Å²) in [7, 11) is 0. The third-order valence-electron chi connectivity index (χ3n) is 5.63. The lowest BCUT2D eigenvalue weighted by Gasteiger charge is -2.27. The molecule has 1 saturated heterocycles. The largest absolute Gasteiger partial charge is 0.466 e. The number of aryl methyl sites for hydroxylation is 3. The molecular weight excluding hydrogens is 398 g/mol. The average molecular weight is 428 g/mol. The van der Waals surface area contributed by atoms with Crippen molar-refractivity contribution in [2.24, 2.45) is 5.92 Å². The van der Waals surface area contributed by atoms with Crippen LogP contribution < -0.4 is 0 Å². The van der Waals surface area contributed by atoms with Crippen LogP contribution in [-0.4, -0.2) is 33.7 Å². The number of carbonyl (C=O) groups is 1. The Morgan fingerprint density at radius 1 is 1.30 bits per heavy atom. The van der Waals surface area contributed by atoms with E-state index in [0.717, 1.165) is 42.1 Å². The number of esters is 1. The molecule has 3 aromatic heterocycles. The van der Waals surface area contributed by atoms with Gasteiger partial charge in [-0.25, -0.2) is 9.97 Å². The molecule has 1 fully saturated rings. The van der Waals surface area contributed by atoms with Gasteiger partial charge in [0.1, 0.15) is 11.3 Å². The zero-order valence-electron chi connectivity index (χ0n) is 18.1. The maximum absolute atomic E-state index is 12.2. The Kier molecular flexibility index (Phi) is 6.20. The summed E-state index contributed by atoms with van der Waals surface area (Å²) >= 11 is 1.75. The normalized spacial score (nSPS) is 19.3. The minimum atomic E-state index is -0.100. The van der Waals surface area contributed by atoms with Gasteiger partial charge < -0.3 is 14.0 Å². The summed E-state index contributed by atoms with van der Waals surface area (Å²) in [5, 5.41) is 0. The number of hydrogen-bond donors (Lipinski definition) is 0. The van der Waals surface area contributed by atoms with E-state index in [4.69, 9.17) is 19.4 Å². The van der Waals surface area contributed by atoms with E-state index < -0.39 is 0 Å². The molecular formula is C23H29N3O3S. The van der Waals surface area contributed by atoms with Gasteiger partial charge >= 0.3 is 5.97 Å². The number of ether oxygens (including phenoxy) is 2. The summed E-state index contributed by atoms with van der Waals surface area (Å²) in [5.41, 5.74) is 4.12. The van der Waals surface area contributed by atoms with Gasteiger partial charge in [0.2, 0.25) is 0 Å². The lowest BCUT2D eigenvalue weighted by molar-refractivity contribution is -0.153. The van der Waals surface area contributed by atoms with Crippen molar-refractivity contribution in [3.05, 3.63) is 45.0 Å². The highest BCUT2D eigenvalue weighted by molar-refractivity contribution is 7.12. The first-order valence-corrected chi connectivity index (χ1v) is 11.5. The lowest BCUT2D eigenvalue weighted by Crippen LogP contribution is -2.27. The Morgan fingerprint density at radius 2 is 2.13 bits per heavy atom. The molecule has 6 nitrogen and oxygen atoms in total. The van der Waals surface area contributed by atoms with Gasteiger partial charge in [-0.3, -0.25) is 4.79 Å². The molecule has 4 rings (SSSR count). The fourth-order valence-electron chi connectivity index (χ4n) is 4.16. The lowest BCUT2D eigenvalue weighted by atomic mass is 9.95. The number of thiophene rings is 1. The first-order valence-electron chi connectivity index (χ1n) is 10.7. The Bertz CT molecular complexity index is 1060. The van der Waals surface area contributed by atoms with Crippen molar-refractivity contribution in [3.63, 3.8) is 0 Å². The zero-order valence-corrected chi connectivity index (χ0v) is 18.9. The second-order valence-electron chi connectivity index (χ2n) is 7.86. The Balaban J connectivity index is 1.56. The van der Waals surface area contributed by atoms with Crippen molar-refractivity contribution in [1.29, 1.82) is 0 Å². The van der Waals surface area contributed by atoms with E-state index in [0.29, 0.717) is 19.6 Å². The van der Waals surface area contributed by atoms with Gasteiger partial charge in [-0.05, 0) is 57.4 Å². The fourth-order valence-corrected chi connectivity index (χ4v) is 5.23. The van der Waals surface area contributed by atoms with E-state index in [1.165, 1.54) is 15.3 Å². The maximum Gasteiger partial charge on any atom is 0.309 e. The summed E-state index contributed by atoms with van der Waals surface area (Å²) in [4.78, 5) is 24.2. The van der Waals surface area contributed by atoms with Crippen molar-refractivity contribution in [1.82, 2.24) is 14.5 Å². The minimum Gasteiger partial charge on any atom is -0.466 e. The van der Waals surface area contributed by atoms with E-state index in [1.54, 1.807) is 11.3 Å². The van der Waals surface area contributed by atoms with Crippen LogP contribution in [0.25, 0.3) is 11.2 Å². The number of imidazole rings is 1.